The van der Waals surface area contributed by atoms with Crippen LogP contribution in [0.4, 0.5) is 4.79 Å². The Kier molecular flexibility index (Phi) is 4.98. The Labute approximate surface area is 135 Å². The minimum Gasteiger partial charge on any atom is -0.394 e. The van der Waals surface area contributed by atoms with Crippen LogP contribution in [0.3, 0.4) is 0 Å². The quantitative estimate of drug-likeness (QED) is 0.777. The second-order valence-electron chi connectivity index (χ2n) is 6.46. The summed E-state index contributed by atoms with van der Waals surface area (Å²) in [5.74, 6) is 0. The maximum atomic E-state index is 12.0. The van der Waals surface area contributed by atoms with Crippen LogP contribution in [0.25, 0.3) is 0 Å². The number of hydrogen-bond donors (Lipinski definition) is 3. The van der Waals surface area contributed by atoms with Gasteiger partial charge in [0, 0.05) is 17.8 Å². The number of aliphatic hydroxyl groups is 1. The van der Waals surface area contributed by atoms with Gasteiger partial charge in [-0.05, 0) is 38.5 Å². The van der Waals surface area contributed by atoms with Crippen molar-refractivity contribution in [3.8, 4) is 0 Å². The van der Waals surface area contributed by atoms with Crippen molar-refractivity contribution in [3.63, 3.8) is 0 Å². The van der Waals surface area contributed by atoms with Crippen LogP contribution in [-0.2, 0) is 19.3 Å². The predicted octanol–water partition coefficient (Wildman–Crippen LogP) is 2.17. The van der Waals surface area contributed by atoms with Gasteiger partial charge in [0.1, 0.15) is 0 Å². The van der Waals surface area contributed by atoms with Crippen molar-refractivity contribution in [2.24, 2.45) is 0 Å². The van der Waals surface area contributed by atoms with Gasteiger partial charge in [-0.2, -0.15) is 0 Å². The third-order valence-electron chi connectivity index (χ3n) is 4.76. The highest BCUT2D eigenvalue weighted by atomic mass is 32.1. The summed E-state index contributed by atoms with van der Waals surface area (Å²) in [6.07, 6.45) is 9.48. The summed E-state index contributed by atoms with van der Waals surface area (Å²) in [5.41, 5.74) is 0.880. The second-order valence-corrected chi connectivity index (χ2v) is 7.63. The molecule has 2 aliphatic rings. The molecule has 0 aromatic carbocycles. The first-order chi connectivity index (χ1) is 10.7. The SMILES string of the molecule is O=C(NCCc1nc2c(s1)CCCC2)NC1(CO)CCCC1. The van der Waals surface area contributed by atoms with E-state index < -0.39 is 5.54 Å². The lowest BCUT2D eigenvalue weighted by molar-refractivity contribution is 0.163. The normalized spacial score (nSPS) is 19.7. The molecule has 22 heavy (non-hydrogen) atoms. The summed E-state index contributed by atoms with van der Waals surface area (Å²) in [5, 5.41) is 16.5. The van der Waals surface area contributed by atoms with Crippen molar-refractivity contribution in [3.05, 3.63) is 15.6 Å². The van der Waals surface area contributed by atoms with E-state index in [9.17, 15) is 9.90 Å². The van der Waals surface area contributed by atoms with Crippen molar-refractivity contribution < 1.29 is 9.90 Å². The minimum absolute atomic E-state index is 0.0274. The highest BCUT2D eigenvalue weighted by molar-refractivity contribution is 7.11. The number of aliphatic hydroxyl groups excluding tert-OH is 1. The van der Waals surface area contributed by atoms with E-state index in [0.29, 0.717) is 6.54 Å². The molecule has 0 atom stereocenters. The third kappa shape index (κ3) is 3.60. The number of nitrogens with one attached hydrogen (secondary N) is 2. The highest BCUT2D eigenvalue weighted by Gasteiger charge is 2.34. The molecule has 1 saturated carbocycles. The zero-order chi connectivity index (χ0) is 15.4. The van der Waals surface area contributed by atoms with E-state index in [1.165, 1.54) is 29.8 Å². The van der Waals surface area contributed by atoms with Crippen molar-refractivity contribution in [1.29, 1.82) is 0 Å². The first-order valence-electron chi connectivity index (χ1n) is 8.35. The fourth-order valence-electron chi connectivity index (χ4n) is 3.45. The summed E-state index contributed by atoms with van der Waals surface area (Å²) in [7, 11) is 0. The molecule has 3 N–H and O–H groups in total. The first kappa shape index (κ1) is 15.7. The number of carbonyl (C=O) groups excluding carboxylic acids is 1. The molecule has 2 aliphatic carbocycles. The molecule has 1 fully saturated rings. The maximum absolute atomic E-state index is 12.0. The van der Waals surface area contributed by atoms with Gasteiger partial charge in [-0.15, -0.1) is 11.3 Å². The molecule has 0 saturated heterocycles. The molecule has 0 spiro atoms. The highest BCUT2D eigenvalue weighted by Crippen LogP contribution is 2.29. The fraction of sp³-hybridized carbons (Fsp3) is 0.750. The number of urea groups is 1. The molecule has 122 valence electrons. The molecule has 0 unspecified atom stereocenters. The first-order valence-corrected chi connectivity index (χ1v) is 9.17. The second kappa shape index (κ2) is 6.96. The standard InChI is InChI=1S/C16H25N3O2S/c20-11-16(8-3-4-9-16)19-15(21)17-10-7-14-18-12-5-1-2-6-13(12)22-14/h20H,1-11H2,(H2,17,19,21). The number of nitrogens with zero attached hydrogens (tertiary/aromatic N) is 1. The average Bonchev–Trinajstić information content (AvgIpc) is 3.14. The molecule has 0 bridgehead atoms. The van der Waals surface area contributed by atoms with E-state index in [2.05, 4.69) is 15.6 Å². The van der Waals surface area contributed by atoms with Gasteiger partial charge in [0.15, 0.2) is 0 Å². The van der Waals surface area contributed by atoms with E-state index in [1.54, 1.807) is 11.3 Å². The van der Waals surface area contributed by atoms with Crippen LogP contribution in [0.15, 0.2) is 0 Å². The predicted molar refractivity (Wildman–Crippen MR) is 87.3 cm³/mol. The van der Waals surface area contributed by atoms with E-state index in [1.807, 2.05) is 0 Å². The van der Waals surface area contributed by atoms with Crippen molar-refractivity contribution in [2.75, 3.05) is 13.2 Å². The Morgan fingerprint density at radius 2 is 2.00 bits per heavy atom. The zero-order valence-corrected chi connectivity index (χ0v) is 13.8. The lowest BCUT2D eigenvalue weighted by atomic mass is 9.99. The van der Waals surface area contributed by atoms with Gasteiger partial charge >= 0.3 is 6.03 Å². The number of fused-ring (bicyclic) bond motifs is 1. The van der Waals surface area contributed by atoms with Crippen molar-refractivity contribution >= 4 is 17.4 Å². The number of carbonyl (C=O) groups is 1. The van der Waals surface area contributed by atoms with Crippen LogP contribution in [0.1, 0.15) is 54.1 Å². The molecule has 2 amide bonds. The number of aryl methyl sites for hydroxylation is 2. The van der Waals surface area contributed by atoms with Crippen LogP contribution in [0.5, 0.6) is 0 Å². The minimum atomic E-state index is -0.398. The Bertz CT molecular complexity index is 500. The summed E-state index contributed by atoms with van der Waals surface area (Å²) < 4.78 is 0. The zero-order valence-electron chi connectivity index (χ0n) is 13.0. The van der Waals surface area contributed by atoms with E-state index in [4.69, 9.17) is 0 Å². The molecule has 1 aromatic heterocycles. The summed E-state index contributed by atoms with van der Waals surface area (Å²) in [6, 6.07) is -0.169. The number of rotatable bonds is 5. The Hall–Kier alpha value is -1.14. The van der Waals surface area contributed by atoms with Gasteiger partial charge in [-0.1, -0.05) is 12.8 Å². The van der Waals surface area contributed by atoms with Crippen LogP contribution in [-0.4, -0.2) is 34.8 Å². The van der Waals surface area contributed by atoms with Crippen molar-refractivity contribution in [1.82, 2.24) is 15.6 Å². The molecule has 0 aliphatic heterocycles. The number of amides is 2. The Morgan fingerprint density at radius 1 is 1.23 bits per heavy atom. The number of thiazole rings is 1. The average molecular weight is 323 g/mol. The van der Waals surface area contributed by atoms with Crippen LogP contribution < -0.4 is 10.6 Å². The smallest absolute Gasteiger partial charge is 0.315 e. The largest absolute Gasteiger partial charge is 0.394 e. The molecule has 3 rings (SSSR count). The maximum Gasteiger partial charge on any atom is 0.315 e. The summed E-state index contributed by atoms with van der Waals surface area (Å²) >= 11 is 1.80. The van der Waals surface area contributed by atoms with Gasteiger partial charge in [-0.25, -0.2) is 9.78 Å². The molecule has 1 aromatic rings. The van der Waals surface area contributed by atoms with Gasteiger partial charge in [0.05, 0.1) is 22.8 Å². The lowest BCUT2D eigenvalue weighted by Crippen LogP contribution is -2.53. The molecule has 0 radical (unpaired) electrons. The third-order valence-corrected chi connectivity index (χ3v) is 5.97. The van der Waals surface area contributed by atoms with Crippen LogP contribution >= 0.6 is 11.3 Å². The fourth-order valence-corrected chi connectivity index (χ4v) is 4.61. The van der Waals surface area contributed by atoms with E-state index in [0.717, 1.165) is 43.5 Å². The molecular formula is C16H25N3O2S. The van der Waals surface area contributed by atoms with E-state index >= 15 is 0 Å². The van der Waals surface area contributed by atoms with Gasteiger partial charge < -0.3 is 15.7 Å². The van der Waals surface area contributed by atoms with Crippen molar-refractivity contribution in [2.45, 2.75) is 63.3 Å². The van der Waals surface area contributed by atoms with Gasteiger partial charge in [0.2, 0.25) is 0 Å². The molecule has 6 heteroatoms. The molecule has 5 nitrogen and oxygen atoms in total. The summed E-state index contributed by atoms with van der Waals surface area (Å²) in [6.45, 7) is 0.624. The van der Waals surface area contributed by atoms with E-state index in [-0.39, 0.29) is 12.6 Å². The van der Waals surface area contributed by atoms with Crippen LogP contribution in [0.2, 0.25) is 0 Å². The number of hydrogen-bond acceptors (Lipinski definition) is 4. The topological polar surface area (TPSA) is 74.2 Å². The Balaban J connectivity index is 1.44. The monoisotopic (exact) mass is 323 g/mol. The molecular weight excluding hydrogens is 298 g/mol. The van der Waals surface area contributed by atoms with Crippen LogP contribution in [0, 0.1) is 0 Å². The lowest BCUT2D eigenvalue weighted by Gasteiger charge is -2.27. The summed E-state index contributed by atoms with van der Waals surface area (Å²) in [4.78, 5) is 18.1. The van der Waals surface area contributed by atoms with Gasteiger partial charge in [-0.3, -0.25) is 0 Å². The number of aromatic nitrogens is 1. The molecule has 1 heterocycles. The Morgan fingerprint density at radius 3 is 2.73 bits per heavy atom. The van der Waals surface area contributed by atoms with Gasteiger partial charge in [0.25, 0.3) is 0 Å².